The zero-order valence-corrected chi connectivity index (χ0v) is 22.6. The van der Waals surface area contributed by atoms with E-state index in [2.05, 4.69) is 37.1 Å². The molecule has 0 spiro atoms. The van der Waals surface area contributed by atoms with Gasteiger partial charge in [0.15, 0.2) is 6.21 Å². The largest absolute Gasteiger partial charge is 0.372 e. The van der Waals surface area contributed by atoms with Crippen molar-refractivity contribution >= 4 is 24.4 Å². The number of rotatable bonds is 8. The zero-order valence-electron chi connectivity index (χ0n) is 22.6. The number of amides is 2. The molecule has 2 amide bonds. The lowest BCUT2D eigenvalue weighted by molar-refractivity contribution is -0.455. The standard InChI is InChI=1S/C28H35FN8O2/c1-18(2)39-24-16-36(17-24)28(38)32-11-21-5-4-20(10-19(21)3)26-7-9-31-27(35-26)34-23-12-33-37(15-23)14-22-6-8-30-13-25(22)29/h4-5,7,9-10,12,14-15,18,22,24-25,30H,6,8,11,13,16-17H2,1-3H3,(H-,31,32,34,35,38)/p+1. The van der Waals surface area contributed by atoms with Gasteiger partial charge in [0.25, 0.3) is 0 Å². The Bertz CT molecular complexity index is 1290. The van der Waals surface area contributed by atoms with E-state index < -0.39 is 6.17 Å². The molecule has 0 radical (unpaired) electrons. The number of ether oxygens (including phenoxy) is 1. The first-order valence-electron chi connectivity index (χ1n) is 13.5. The number of hydrogen-bond donors (Lipinski definition) is 3. The summed E-state index contributed by atoms with van der Waals surface area (Å²) in [6.07, 6.45) is 7.12. The number of aryl methyl sites for hydroxylation is 1. The topological polar surface area (TPSA) is 107 Å². The minimum Gasteiger partial charge on any atom is -0.372 e. The van der Waals surface area contributed by atoms with Crippen molar-refractivity contribution in [3.05, 3.63) is 53.5 Å². The highest BCUT2D eigenvalue weighted by Gasteiger charge is 2.32. The number of carbonyl (C=O) groups excluding carboxylic acids is 1. The van der Waals surface area contributed by atoms with Crippen LogP contribution in [0.2, 0.25) is 0 Å². The summed E-state index contributed by atoms with van der Waals surface area (Å²) in [5.74, 6) is 0.283. The number of aromatic nitrogens is 2. The second-order valence-corrected chi connectivity index (χ2v) is 10.4. The normalized spacial score (nSPS) is 22.2. The summed E-state index contributed by atoms with van der Waals surface area (Å²) < 4.78 is 21.5. The number of nitrogens with zero attached hydrogens (tertiary/aromatic N) is 5. The van der Waals surface area contributed by atoms with E-state index in [1.807, 2.05) is 45.2 Å². The second kappa shape index (κ2) is 12.0. The minimum atomic E-state index is -0.913. The van der Waals surface area contributed by atoms with E-state index >= 15 is 0 Å². The average Bonchev–Trinajstić information content (AvgIpc) is 3.33. The van der Waals surface area contributed by atoms with Crippen LogP contribution in [0, 0.1) is 12.8 Å². The molecule has 2 fully saturated rings. The van der Waals surface area contributed by atoms with Crippen LogP contribution in [0.15, 0.2) is 47.5 Å². The number of carbonyl (C=O) groups is 1. The molecule has 206 valence electrons. The molecule has 0 saturated carbocycles. The van der Waals surface area contributed by atoms with Crippen molar-refractivity contribution in [3.8, 4) is 11.3 Å². The maximum atomic E-state index is 14.1. The van der Waals surface area contributed by atoms with E-state index in [0.717, 1.165) is 41.0 Å². The number of benzene rings is 1. The van der Waals surface area contributed by atoms with Crippen LogP contribution in [0.5, 0.6) is 0 Å². The molecule has 0 bridgehead atoms. The lowest BCUT2D eigenvalue weighted by Crippen LogP contribution is -2.58. The molecular formula is C28H36FN8O2+. The first kappa shape index (κ1) is 26.9. The highest BCUT2D eigenvalue weighted by molar-refractivity contribution is 5.83. The summed E-state index contributed by atoms with van der Waals surface area (Å²) in [6, 6.07) is 7.85. The van der Waals surface area contributed by atoms with Crippen molar-refractivity contribution in [2.24, 2.45) is 11.0 Å². The third kappa shape index (κ3) is 6.85. The average molecular weight is 536 g/mol. The number of halogens is 1. The highest BCUT2D eigenvalue weighted by Crippen LogP contribution is 2.22. The van der Waals surface area contributed by atoms with Crippen molar-refractivity contribution in [2.45, 2.75) is 52.1 Å². The van der Waals surface area contributed by atoms with Crippen molar-refractivity contribution in [1.29, 1.82) is 0 Å². The molecule has 2 saturated heterocycles. The summed E-state index contributed by atoms with van der Waals surface area (Å²) in [7, 11) is 0. The van der Waals surface area contributed by atoms with Gasteiger partial charge >= 0.3 is 6.03 Å². The lowest BCUT2D eigenvalue weighted by atomic mass is 9.98. The number of allylic oxidation sites excluding steroid dienone is 1. The molecule has 3 N–H and O–H groups in total. The Morgan fingerprint density at radius 3 is 2.95 bits per heavy atom. The van der Waals surface area contributed by atoms with Gasteiger partial charge in [0.05, 0.1) is 36.9 Å². The Labute approximate surface area is 228 Å². The summed E-state index contributed by atoms with van der Waals surface area (Å²) in [5, 5.41) is 13.6. The van der Waals surface area contributed by atoms with Gasteiger partial charge in [0.2, 0.25) is 12.1 Å². The van der Waals surface area contributed by atoms with Crippen LogP contribution in [-0.2, 0) is 11.3 Å². The molecule has 2 aromatic rings. The third-order valence-electron chi connectivity index (χ3n) is 6.98. The van der Waals surface area contributed by atoms with E-state index in [1.165, 1.54) is 0 Å². The van der Waals surface area contributed by atoms with Gasteiger partial charge in [0.1, 0.15) is 18.1 Å². The molecule has 11 heteroatoms. The fourth-order valence-electron chi connectivity index (χ4n) is 4.81. The monoisotopic (exact) mass is 535 g/mol. The molecule has 3 aliphatic heterocycles. The molecule has 5 rings (SSSR count). The molecule has 1 aromatic heterocycles. The molecule has 1 aromatic carbocycles. The molecule has 10 nitrogen and oxygen atoms in total. The van der Waals surface area contributed by atoms with E-state index in [-0.39, 0.29) is 24.2 Å². The van der Waals surface area contributed by atoms with E-state index in [1.54, 1.807) is 28.2 Å². The first-order chi connectivity index (χ1) is 18.8. The predicted molar refractivity (Wildman–Crippen MR) is 148 cm³/mol. The predicted octanol–water partition coefficient (Wildman–Crippen LogP) is 3.05. The van der Waals surface area contributed by atoms with Gasteiger partial charge in [0, 0.05) is 24.8 Å². The Morgan fingerprint density at radius 2 is 2.18 bits per heavy atom. The number of anilines is 1. The van der Waals surface area contributed by atoms with E-state index in [4.69, 9.17) is 4.74 Å². The lowest BCUT2D eigenvalue weighted by Gasteiger charge is -2.39. The maximum Gasteiger partial charge on any atom is 0.317 e. The van der Waals surface area contributed by atoms with Gasteiger partial charge in [-0.15, -0.1) is 0 Å². The van der Waals surface area contributed by atoms with Gasteiger partial charge < -0.3 is 25.6 Å². The summed E-state index contributed by atoms with van der Waals surface area (Å²) in [5.41, 5.74) is 4.55. The third-order valence-corrected chi connectivity index (χ3v) is 6.98. The number of nitrogens with one attached hydrogen (secondary N) is 3. The molecule has 39 heavy (non-hydrogen) atoms. The number of alkyl halides is 1. The van der Waals surface area contributed by atoms with Crippen LogP contribution in [0.25, 0.3) is 11.3 Å². The summed E-state index contributed by atoms with van der Waals surface area (Å²) >= 11 is 0. The van der Waals surface area contributed by atoms with Gasteiger partial charge in [-0.25, -0.2) is 19.2 Å². The minimum absolute atomic E-state index is 0.0743. The van der Waals surface area contributed by atoms with Crippen LogP contribution >= 0.6 is 0 Å². The molecule has 3 aliphatic rings. The number of hydrazone groups is 1. The Hall–Kier alpha value is -3.70. The first-order valence-corrected chi connectivity index (χ1v) is 13.5. The Morgan fingerprint density at radius 1 is 1.33 bits per heavy atom. The van der Waals surface area contributed by atoms with Crippen molar-refractivity contribution in [2.75, 3.05) is 31.5 Å². The van der Waals surface area contributed by atoms with Crippen LogP contribution in [-0.4, -0.2) is 82.6 Å². The SMILES string of the molecule is Cc1cc(-c2ccnc(NC3=C[N+](=CC4CCNCC4F)N=C3)n2)ccc1CNC(=O)N1CC(OC(C)C)C1. The number of hydrogen-bond acceptors (Lipinski definition) is 7. The number of piperidine rings is 1. The molecule has 4 heterocycles. The van der Waals surface area contributed by atoms with Crippen LogP contribution in [0.4, 0.5) is 15.1 Å². The van der Waals surface area contributed by atoms with Gasteiger partial charge in [-0.1, -0.05) is 16.8 Å². The van der Waals surface area contributed by atoms with Crippen molar-refractivity contribution in [3.63, 3.8) is 0 Å². The smallest absolute Gasteiger partial charge is 0.317 e. The molecule has 2 unspecified atom stereocenters. The zero-order chi connectivity index (χ0) is 27.4. The van der Waals surface area contributed by atoms with Gasteiger partial charge in [-0.2, -0.15) is 0 Å². The van der Waals surface area contributed by atoms with Crippen LogP contribution < -0.4 is 16.0 Å². The van der Waals surface area contributed by atoms with Crippen molar-refractivity contribution in [1.82, 2.24) is 25.5 Å². The van der Waals surface area contributed by atoms with Gasteiger partial charge in [-0.05, 0) is 62.1 Å². The quantitative estimate of drug-likeness (QED) is 0.449. The summed E-state index contributed by atoms with van der Waals surface area (Å²) in [4.78, 5) is 23.2. The maximum absolute atomic E-state index is 14.1. The van der Waals surface area contributed by atoms with E-state index in [9.17, 15) is 9.18 Å². The fraction of sp³-hybridized carbons (Fsp3) is 0.464. The number of likely N-dealkylation sites (tertiary alicyclic amines) is 1. The van der Waals surface area contributed by atoms with E-state index in [0.29, 0.717) is 32.1 Å². The Balaban J connectivity index is 1.17. The summed E-state index contributed by atoms with van der Waals surface area (Å²) in [6.45, 7) is 8.91. The fourth-order valence-corrected chi connectivity index (χ4v) is 4.81. The molecule has 2 atom stereocenters. The van der Waals surface area contributed by atoms with Crippen LogP contribution in [0.3, 0.4) is 0 Å². The Kier molecular flexibility index (Phi) is 8.27. The van der Waals surface area contributed by atoms with Gasteiger partial charge in [-0.3, -0.25) is 0 Å². The highest BCUT2D eigenvalue weighted by atomic mass is 19.1. The number of urea groups is 1. The second-order valence-electron chi connectivity index (χ2n) is 10.4. The van der Waals surface area contributed by atoms with Crippen molar-refractivity contribution < 1.29 is 18.6 Å². The van der Waals surface area contributed by atoms with Crippen LogP contribution in [0.1, 0.15) is 31.4 Å². The molecular weight excluding hydrogens is 499 g/mol. The molecule has 0 aliphatic carbocycles.